The van der Waals surface area contributed by atoms with Crippen molar-refractivity contribution in [2.24, 2.45) is 0 Å². The summed E-state index contributed by atoms with van der Waals surface area (Å²) in [5, 5.41) is 0.559. The van der Waals surface area contributed by atoms with Crippen molar-refractivity contribution in [3.05, 3.63) is 0 Å². The van der Waals surface area contributed by atoms with Crippen molar-refractivity contribution >= 4 is 17.4 Å². The first kappa shape index (κ1) is 11.6. The number of quaternary nitrogens is 1. The highest BCUT2D eigenvalue weighted by atomic mass is 32.1. The maximum atomic E-state index is 5.32. The largest absolute Gasteiger partial charge is 0.465 e. The highest BCUT2D eigenvalue weighted by molar-refractivity contribution is 7.80. The van der Waals surface area contributed by atoms with E-state index in [9.17, 15) is 0 Å². The maximum absolute atomic E-state index is 5.32. The molecule has 0 rings (SSSR count). The van der Waals surface area contributed by atoms with Crippen LogP contribution in [0.15, 0.2) is 0 Å². The molecular weight excluding hydrogens is 172 g/mol. The van der Waals surface area contributed by atoms with Crippen LogP contribution in [0, 0.1) is 0 Å². The van der Waals surface area contributed by atoms with Crippen LogP contribution in [0.3, 0.4) is 0 Å². The minimum Gasteiger partial charge on any atom is -0.465 e. The average molecular weight is 191 g/mol. The molecule has 0 atom stereocenters. The van der Waals surface area contributed by atoms with Gasteiger partial charge in [-0.15, -0.1) is 0 Å². The van der Waals surface area contributed by atoms with Gasteiger partial charge in [0.1, 0.15) is 13.2 Å². The lowest BCUT2D eigenvalue weighted by Gasteiger charge is -2.24. The van der Waals surface area contributed by atoms with E-state index in [2.05, 4.69) is 21.1 Å². The second-order valence-electron chi connectivity index (χ2n) is 4.02. The Morgan fingerprint density at radius 3 is 2.17 bits per heavy atom. The Balaban J connectivity index is 3.51. The van der Waals surface area contributed by atoms with Crippen LogP contribution >= 0.6 is 12.2 Å². The Morgan fingerprint density at radius 1 is 1.33 bits per heavy atom. The quantitative estimate of drug-likeness (QED) is 0.478. The predicted molar refractivity (Wildman–Crippen MR) is 55.1 cm³/mol. The molecule has 0 aromatic carbocycles. The lowest BCUT2D eigenvalue weighted by atomic mass is 10.5. The van der Waals surface area contributed by atoms with Crippen LogP contribution < -0.4 is 0 Å². The highest BCUT2D eigenvalue weighted by Gasteiger charge is 2.07. The molecule has 3 nitrogen and oxygen atoms in total. The van der Waals surface area contributed by atoms with Crippen molar-refractivity contribution in [1.82, 2.24) is 4.90 Å². The van der Waals surface area contributed by atoms with Crippen LogP contribution in [0.5, 0.6) is 0 Å². The van der Waals surface area contributed by atoms with Crippen molar-refractivity contribution in [2.45, 2.75) is 0 Å². The lowest BCUT2D eigenvalue weighted by molar-refractivity contribution is -0.870. The van der Waals surface area contributed by atoms with Crippen molar-refractivity contribution in [3.8, 4) is 0 Å². The molecule has 0 N–H and O–H groups in total. The van der Waals surface area contributed by atoms with Gasteiger partial charge in [-0.05, 0) is 12.2 Å². The Labute approximate surface area is 80.5 Å². The molecule has 0 aliphatic heterocycles. The number of nitrogens with zero attached hydrogens (tertiary/aromatic N) is 2. The summed E-state index contributed by atoms with van der Waals surface area (Å²) in [5.74, 6) is 0. The first-order chi connectivity index (χ1) is 5.33. The maximum Gasteiger partial charge on any atom is 0.258 e. The zero-order valence-electron chi connectivity index (χ0n) is 8.63. The van der Waals surface area contributed by atoms with E-state index < -0.39 is 0 Å². The van der Waals surface area contributed by atoms with E-state index >= 15 is 0 Å². The summed E-state index contributed by atoms with van der Waals surface area (Å²) < 4.78 is 6.22. The van der Waals surface area contributed by atoms with Crippen molar-refractivity contribution < 1.29 is 9.22 Å². The second-order valence-corrected chi connectivity index (χ2v) is 4.37. The van der Waals surface area contributed by atoms with Crippen molar-refractivity contribution in [3.63, 3.8) is 0 Å². The van der Waals surface area contributed by atoms with Crippen LogP contribution in [0.25, 0.3) is 0 Å². The van der Waals surface area contributed by atoms with Gasteiger partial charge in [-0.2, -0.15) is 0 Å². The van der Waals surface area contributed by atoms with Gasteiger partial charge < -0.3 is 14.1 Å². The number of hydrogen-bond donors (Lipinski definition) is 0. The molecule has 0 aromatic heterocycles. The van der Waals surface area contributed by atoms with Crippen LogP contribution in [0.2, 0.25) is 0 Å². The number of ether oxygens (including phenoxy) is 1. The molecular formula is C8H19N2OS+. The summed E-state index contributed by atoms with van der Waals surface area (Å²) in [4.78, 5) is 1.80. The third-order valence-corrected chi connectivity index (χ3v) is 1.84. The topological polar surface area (TPSA) is 12.5 Å². The number of rotatable bonds is 3. The van der Waals surface area contributed by atoms with E-state index in [-0.39, 0.29) is 0 Å². The van der Waals surface area contributed by atoms with E-state index in [0.717, 1.165) is 11.0 Å². The molecule has 0 aromatic rings. The van der Waals surface area contributed by atoms with E-state index in [4.69, 9.17) is 17.0 Å². The molecule has 12 heavy (non-hydrogen) atoms. The zero-order chi connectivity index (χ0) is 9.78. The molecule has 0 aliphatic carbocycles. The first-order valence-corrected chi connectivity index (χ1v) is 4.38. The normalized spacial score (nSPS) is 11.1. The summed E-state index contributed by atoms with van der Waals surface area (Å²) >= 11 is 4.96. The van der Waals surface area contributed by atoms with Crippen molar-refractivity contribution in [2.75, 3.05) is 48.4 Å². The molecule has 0 unspecified atom stereocenters. The van der Waals surface area contributed by atoms with Gasteiger partial charge in [0.2, 0.25) is 0 Å². The molecule has 0 saturated heterocycles. The molecule has 72 valence electrons. The van der Waals surface area contributed by atoms with E-state index in [1.54, 1.807) is 4.90 Å². The fourth-order valence-electron chi connectivity index (χ4n) is 0.536. The van der Waals surface area contributed by atoms with Gasteiger partial charge in [0.05, 0.1) is 21.1 Å². The zero-order valence-corrected chi connectivity index (χ0v) is 9.44. The Bertz CT molecular complexity index is 152. The number of hydrogen-bond acceptors (Lipinski definition) is 2. The predicted octanol–water partition coefficient (Wildman–Crippen LogP) is 0.556. The van der Waals surface area contributed by atoms with Crippen LogP contribution in [0.1, 0.15) is 0 Å². The molecule has 0 bridgehead atoms. The fourth-order valence-corrected chi connectivity index (χ4v) is 0.619. The molecule has 0 radical (unpaired) electrons. The minimum atomic E-state index is 0.559. The second kappa shape index (κ2) is 4.62. The molecule has 0 aliphatic rings. The minimum absolute atomic E-state index is 0.559. The van der Waals surface area contributed by atoms with Gasteiger partial charge in [-0.3, -0.25) is 0 Å². The van der Waals surface area contributed by atoms with E-state index in [1.807, 2.05) is 14.1 Å². The SMILES string of the molecule is CN(C)C(=S)OCC[N+](C)(C)C. The molecule has 0 amide bonds. The standard InChI is InChI=1S/C8H19N2OS/c1-9(2)8(12)11-7-6-10(3,4)5/h6-7H2,1-5H3/q+1. The summed E-state index contributed by atoms with van der Waals surface area (Å²) in [7, 11) is 10.1. The van der Waals surface area contributed by atoms with Gasteiger partial charge in [0.25, 0.3) is 5.17 Å². The van der Waals surface area contributed by atoms with Crippen LogP contribution in [-0.4, -0.2) is 62.9 Å². The summed E-state index contributed by atoms with van der Waals surface area (Å²) in [6, 6.07) is 0. The summed E-state index contributed by atoms with van der Waals surface area (Å²) in [6.45, 7) is 1.65. The Kier molecular flexibility index (Phi) is 4.49. The van der Waals surface area contributed by atoms with Gasteiger partial charge in [-0.1, -0.05) is 0 Å². The lowest BCUT2D eigenvalue weighted by Crippen LogP contribution is -2.38. The molecule has 0 spiro atoms. The van der Waals surface area contributed by atoms with E-state index in [0.29, 0.717) is 11.8 Å². The Morgan fingerprint density at radius 2 is 1.83 bits per heavy atom. The number of likely N-dealkylation sites (N-methyl/N-ethyl adjacent to an activating group) is 1. The first-order valence-electron chi connectivity index (χ1n) is 3.97. The third-order valence-electron chi connectivity index (χ3n) is 1.35. The van der Waals surface area contributed by atoms with Gasteiger partial charge >= 0.3 is 0 Å². The Hall–Kier alpha value is -0.350. The molecule has 0 heterocycles. The monoisotopic (exact) mass is 191 g/mol. The fraction of sp³-hybridized carbons (Fsp3) is 0.875. The van der Waals surface area contributed by atoms with Crippen LogP contribution in [0.4, 0.5) is 0 Å². The molecule has 0 saturated carbocycles. The molecule has 0 fully saturated rings. The van der Waals surface area contributed by atoms with Gasteiger partial charge in [0, 0.05) is 14.1 Å². The smallest absolute Gasteiger partial charge is 0.258 e. The average Bonchev–Trinajstić information content (AvgIpc) is 1.84. The third kappa shape index (κ3) is 6.37. The van der Waals surface area contributed by atoms with Crippen LogP contribution in [-0.2, 0) is 4.74 Å². The highest BCUT2D eigenvalue weighted by Crippen LogP contribution is 1.92. The summed E-state index contributed by atoms with van der Waals surface area (Å²) in [5.41, 5.74) is 0. The van der Waals surface area contributed by atoms with E-state index in [1.165, 1.54) is 0 Å². The van der Waals surface area contributed by atoms with Crippen molar-refractivity contribution in [1.29, 1.82) is 0 Å². The van der Waals surface area contributed by atoms with Gasteiger partial charge in [0.15, 0.2) is 0 Å². The molecule has 4 heteroatoms. The summed E-state index contributed by atoms with van der Waals surface area (Å²) in [6.07, 6.45) is 0. The number of thiocarbonyl (C=S) groups is 1. The van der Waals surface area contributed by atoms with Gasteiger partial charge in [-0.25, -0.2) is 0 Å².